The van der Waals surface area contributed by atoms with E-state index in [-0.39, 0.29) is 41.8 Å². The number of nitrogens with zero attached hydrogens (tertiary/aromatic N) is 3. The van der Waals surface area contributed by atoms with Gasteiger partial charge in [-0.05, 0) is 36.0 Å². The third-order valence-corrected chi connectivity index (χ3v) is 8.12. The Balaban J connectivity index is 1.49. The van der Waals surface area contributed by atoms with Crippen molar-refractivity contribution in [2.24, 2.45) is 5.41 Å². The molecule has 0 radical (unpaired) electrons. The summed E-state index contributed by atoms with van der Waals surface area (Å²) in [5.41, 5.74) is -0.640. The van der Waals surface area contributed by atoms with Crippen LogP contribution in [0.25, 0.3) is 15.7 Å². The topological polar surface area (TPSA) is 89.9 Å². The molecule has 2 aliphatic rings. The molecule has 1 fully saturated rings. The molecule has 1 saturated heterocycles. The summed E-state index contributed by atoms with van der Waals surface area (Å²) in [6, 6.07) is 7.63. The number of hydrogen-bond acceptors (Lipinski definition) is 3. The van der Waals surface area contributed by atoms with Crippen LogP contribution in [0.15, 0.2) is 36.4 Å². The molecule has 3 atom stereocenters. The Kier molecular flexibility index (Phi) is 6.84. The molecule has 0 unspecified atom stereocenters. The zero-order valence-electron chi connectivity index (χ0n) is 23.1. The van der Waals surface area contributed by atoms with Gasteiger partial charge in [-0.2, -0.15) is 0 Å². The van der Waals surface area contributed by atoms with E-state index in [1.54, 1.807) is 18.2 Å². The number of H-pyrrole nitrogens is 1. The number of aromatic amines is 1. The second-order valence-electron chi connectivity index (χ2n) is 12.0. The minimum atomic E-state index is -1.40. The molecule has 3 heterocycles. The van der Waals surface area contributed by atoms with Crippen molar-refractivity contribution < 1.29 is 27.6 Å². The van der Waals surface area contributed by atoms with Gasteiger partial charge in [0.15, 0.2) is 11.6 Å². The number of para-hydroxylation sites is 1. The van der Waals surface area contributed by atoms with Gasteiger partial charge in [-0.3, -0.25) is 24.1 Å². The number of likely N-dealkylation sites (N-methyl/N-ethyl adjacent to an activating group) is 1. The van der Waals surface area contributed by atoms with Gasteiger partial charge in [0.2, 0.25) is 5.91 Å². The van der Waals surface area contributed by atoms with Crippen LogP contribution in [0, 0.1) is 29.4 Å². The maximum Gasteiger partial charge on any atom is 0.302 e. The number of likely N-dealkylation sites (tertiary alicyclic amines) is 1. The lowest BCUT2D eigenvalue weighted by atomic mass is 9.80. The maximum atomic E-state index is 14.3. The molecule has 1 aromatic heterocycles. The predicted octanol–water partition coefficient (Wildman–Crippen LogP) is 5.22. The summed E-state index contributed by atoms with van der Waals surface area (Å²) < 4.78 is 42.5. The quantitative estimate of drug-likeness (QED) is 0.329. The number of carbonyl (C=O) groups excluding carboxylic acids is 3. The van der Waals surface area contributed by atoms with Crippen molar-refractivity contribution in [1.82, 2.24) is 14.8 Å². The number of anilines is 1. The predicted molar refractivity (Wildman–Crippen MR) is 146 cm³/mol. The molecule has 11 heteroatoms. The summed E-state index contributed by atoms with van der Waals surface area (Å²) in [7, 11) is 1.41. The Labute approximate surface area is 235 Å². The molecular weight excluding hydrogens is 535 g/mol. The Hall–Kier alpha value is -4.33. The first-order chi connectivity index (χ1) is 19.3. The fraction of sp³-hybridized carbons (Fsp3) is 0.400. The highest BCUT2D eigenvalue weighted by atomic mass is 19.2. The largest absolute Gasteiger partial charge is 0.348 e. The van der Waals surface area contributed by atoms with Crippen LogP contribution in [-0.4, -0.2) is 58.3 Å². The van der Waals surface area contributed by atoms with E-state index >= 15 is 0 Å². The van der Waals surface area contributed by atoms with Crippen molar-refractivity contribution in [3.63, 3.8) is 0 Å². The molecule has 214 valence electrons. The van der Waals surface area contributed by atoms with Crippen molar-refractivity contribution >= 4 is 34.3 Å². The average Bonchev–Trinajstić information content (AvgIpc) is 3.61. The summed E-state index contributed by atoms with van der Waals surface area (Å²) in [5.74, 6) is -5.26. The molecule has 3 aromatic rings. The van der Waals surface area contributed by atoms with Crippen LogP contribution in [0.1, 0.15) is 56.1 Å². The van der Waals surface area contributed by atoms with Crippen molar-refractivity contribution in [2.75, 3.05) is 18.9 Å². The van der Waals surface area contributed by atoms with E-state index in [4.69, 9.17) is 6.57 Å². The van der Waals surface area contributed by atoms with Crippen LogP contribution >= 0.6 is 0 Å². The molecule has 0 aliphatic carbocycles. The molecule has 3 amide bonds. The average molecular weight is 566 g/mol. The molecule has 2 aromatic carbocycles. The lowest BCUT2D eigenvalue weighted by Crippen LogP contribution is -2.51. The summed E-state index contributed by atoms with van der Waals surface area (Å²) >= 11 is 0. The number of amides is 3. The molecule has 2 N–H and O–H groups in total. The third-order valence-electron chi connectivity index (χ3n) is 8.12. The van der Waals surface area contributed by atoms with E-state index in [2.05, 4.69) is 15.1 Å². The zero-order valence-corrected chi connectivity index (χ0v) is 23.1. The van der Waals surface area contributed by atoms with E-state index in [1.165, 1.54) is 16.8 Å². The SMILES string of the molecule is [C-]#[N+][C@@H]1C[C@@]2(CN1C(=O)[C@H](CCC(C)(C)C)N(C)C(=O)c1cc3c(F)cc(F)c(F)c3[nH]1)C(=O)Nc1ccccc12. The second-order valence-corrected chi connectivity index (χ2v) is 12.0. The number of benzene rings is 2. The van der Waals surface area contributed by atoms with Gasteiger partial charge in [-0.25, -0.2) is 19.7 Å². The molecule has 0 saturated carbocycles. The normalized spacial score (nSPS) is 20.7. The van der Waals surface area contributed by atoms with Gasteiger partial charge in [0, 0.05) is 30.7 Å². The minimum Gasteiger partial charge on any atom is -0.348 e. The first-order valence-corrected chi connectivity index (χ1v) is 13.3. The van der Waals surface area contributed by atoms with Crippen LogP contribution in [0.4, 0.5) is 18.9 Å². The number of halogens is 3. The van der Waals surface area contributed by atoms with Crippen LogP contribution < -0.4 is 5.32 Å². The van der Waals surface area contributed by atoms with Crippen LogP contribution in [-0.2, 0) is 15.0 Å². The van der Waals surface area contributed by atoms with E-state index in [0.717, 1.165) is 11.6 Å². The number of carbonyl (C=O) groups is 3. The lowest BCUT2D eigenvalue weighted by molar-refractivity contribution is -0.136. The summed E-state index contributed by atoms with van der Waals surface area (Å²) in [6.45, 7) is 13.8. The number of nitrogens with one attached hydrogen (secondary N) is 2. The van der Waals surface area contributed by atoms with Gasteiger partial charge in [0.05, 0.1) is 11.9 Å². The van der Waals surface area contributed by atoms with Crippen molar-refractivity contribution in [2.45, 2.75) is 57.7 Å². The summed E-state index contributed by atoms with van der Waals surface area (Å²) in [6.07, 6.45) is -0.0491. The van der Waals surface area contributed by atoms with Gasteiger partial charge < -0.3 is 15.2 Å². The van der Waals surface area contributed by atoms with E-state index in [1.807, 2.05) is 26.8 Å². The van der Waals surface area contributed by atoms with E-state index in [9.17, 15) is 27.6 Å². The van der Waals surface area contributed by atoms with Gasteiger partial charge in [-0.15, -0.1) is 0 Å². The Morgan fingerprint density at radius 2 is 1.90 bits per heavy atom. The van der Waals surface area contributed by atoms with Gasteiger partial charge in [-0.1, -0.05) is 39.0 Å². The summed E-state index contributed by atoms with van der Waals surface area (Å²) in [5, 5.41) is 2.57. The second kappa shape index (κ2) is 9.94. The zero-order chi connectivity index (χ0) is 29.9. The lowest BCUT2D eigenvalue weighted by Gasteiger charge is -2.32. The van der Waals surface area contributed by atoms with Crippen molar-refractivity contribution in [1.29, 1.82) is 0 Å². The van der Waals surface area contributed by atoms with E-state index in [0.29, 0.717) is 18.2 Å². The van der Waals surface area contributed by atoms with Crippen molar-refractivity contribution in [3.05, 3.63) is 76.5 Å². The molecule has 2 aliphatic heterocycles. The highest BCUT2D eigenvalue weighted by Gasteiger charge is 2.59. The van der Waals surface area contributed by atoms with Crippen LogP contribution in [0.3, 0.4) is 0 Å². The molecule has 5 rings (SSSR count). The monoisotopic (exact) mass is 565 g/mol. The Morgan fingerprint density at radius 3 is 2.59 bits per heavy atom. The maximum absolute atomic E-state index is 14.3. The highest BCUT2D eigenvalue weighted by molar-refractivity contribution is 6.07. The smallest absolute Gasteiger partial charge is 0.302 e. The van der Waals surface area contributed by atoms with Gasteiger partial charge in [0.25, 0.3) is 11.8 Å². The highest BCUT2D eigenvalue weighted by Crippen LogP contribution is 2.47. The fourth-order valence-corrected chi connectivity index (χ4v) is 5.83. The molecular formula is C30H30F3N5O3. The van der Waals surface area contributed by atoms with E-state index < -0.39 is 52.4 Å². The summed E-state index contributed by atoms with van der Waals surface area (Å²) in [4.78, 5) is 49.6. The number of aromatic nitrogens is 1. The van der Waals surface area contributed by atoms with Gasteiger partial charge in [0.1, 0.15) is 23.0 Å². The standard InChI is InChI=1S/C30H30F3N5O3/c1-29(2,3)11-10-22(37(5)26(39)21-12-16-18(31)13-19(32)24(33)25(16)35-21)27(40)38-15-30(14-23(38)34-4)17-8-6-7-9-20(17)36-28(30)41/h6-9,12-13,22-23,35H,10-11,14-15H2,1-3,5H3,(H,36,41)/t22-,23-,30-/m0/s1. The molecule has 41 heavy (non-hydrogen) atoms. The Bertz CT molecular complexity index is 1620. The number of hydrogen-bond donors (Lipinski definition) is 2. The van der Waals surface area contributed by atoms with Gasteiger partial charge >= 0.3 is 6.17 Å². The first-order valence-electron chi connectivity index (χ1n) is 13.3. The third kappa shape index (κ3) is 4.71. The minimum absolute atomic E-state index is 0.0299. The molecule has 8 nitrogen and oxygen atoms in total. The molecule has 0 bridgehead atoms. The first kappa shape index (κ1) is 28.2. The van der Waals surface area contributed by atoms with Crippen LogP contribution in [0.5, 0.6) is 0 Å². The molecule has 1 spiro atoms. The van der Waals surface area contributed by atoms with Crippen molar-refractivity contribution in [3.8, 4) is 0 Å². The van der Waals surface area contributed by atoms with Crippen LogP contribution in [0.2, 0.25) is 0 Å². The fourth-order valence-electron chi connectivity index (χ4n) is 5.83. The number of fused-ring (bicyclic) bond motifs is 3. The number of rotatable bonds is 5. The Morgan fingerprint density at radius 1 is 1.20 bits per heavy atom.